The summed E-state index contributed by atoms with van der Waals surface area (Å²) in [5.74, 6) is -1.33. The predicted molar refractivity (Wildman–Crippen MR) is 340 cm³/mol. The molecule has 5 atom stereocenters. The Kier molecular flexibility index (Phi) is 58.3. The zero-order valence-electron chi connectivity index (χ0n) is 54.7. The number of phosphoric acid groups is 2. The summed E-state index contributed by atoms with van der Waals surface area (Å²) in [4.78, 5) is 71.7. The fourth-order valence-corrected chi connectivity index (χ4v) is 11.5. The van der Waals surface area contributed by atoms with Crippen LogP contribution in [0.5, 0.6) is 0 Å². The van der Waals surface area contributed by atoms with Crippen LogP contribution in [0.2, 0.25) is 0 Å². The van der Waals surface area contributed by atoms with Gasteiger partial charge < -0.3 is 33.8 Å². The van der Waals surface area contributed by atoms with E-state index in [-0.39, 0.29) is 25.7 Å². The standard InChI is InChI=1S/C66H128O17P2/c1-6-9-12-15-16-17-18-19-27-30-33-36-41-45-50-64(69)77-56-62(83-66(71)52-47-42-37-34-31-28-25-23-21-20-22-24-26-29-32-35-40-43-48-59(4)5)58-81-85(74,75)79-54-60(67)53-78-84(72,73)80-57-61(82-65(70)51-46-39-14-11-8-3)55-76-63(68)49-44-38-13-10-7-2/h59-62,67H,6-58H2,1-5H3,(H,72,73)(H,74,75)/t60-,61+,62+/m0/s1. The number of aliphatic hydroxyl groups is 1. The van der Waals surface area contributed by atoms with E-state index in [4.69, 9.17) is 37.0 Å². The smallest absolute Gasteiger partial charge is 0.462 e. The lowest BCUT2D eigenvalue weighted by Gasteiger charge is -2.21. The van der Waals surface area contributed by atoms with Gasteiger partial charge in [-0.25, -0.2) is 9.13 Å². The maximum atomic E-state index is 13.0. The van der Waals surface area contributed by atoms with E-state index in [1.165, 1.54) is 154 Å². The molecule has 17 nitrogen and oxygen atoms in total. The molecule has 0 aliphatic heterocycles. The van der Waals surface area contributed by atoms with Crippen molar-refractivity contribution in [3.05, 3.63) is 0 Å². The molecule has 0 heterocycles. The van der Waals surface area contributed by atoms with Gasteiger partial charge in [0.25, 0.3) is 0 Å². The minimum absolute atomic E-state index is 0.0990. The van der Waals surface area contributed by atoms with Crippen molar-refractivity contribution >= 4 is 39.5 Å². The maximum Gasteiger partial charge on any atom is 0.472 e. The molecule has 85 heavy (non-hydrogen) atoms. The molecule has 0 rings (SSSR count). The molecule has 0 fully saturated rings. The Morgan fingerprint density at radius 2 is 0.541 bits per heavy atom. The van der Waals surface area contributed by atoms with Crippen LogP contribution in [0, 0.1) is 5.92 Å². The number of hydrogen-bond acceptors (Lipinski definition) is 15. The largest absolute Gasteiger partial charge is 0.472 e. The van der Waals surface area contributed by atoms with E-state index >= 15 is 0 Å². The Hall–Kier alpha value is -1.94. The molecular weight excluding hydrogens is 1130 g/mol. The summed E-state index contributed by atoms with van der Waals surface area (Å²) in [6, 6.07) is 0. The highest BCUT2D eigenvalue weighted by molar-refractivity contribution is 7.47. The fraction of sp³-hybridized carbons (Fsp3) is 0.939. The second-order valence-corrected chi connectivity index (χ2v) is 27.2. The van der Waals surface area contributed by atoms with E-state index in [0.29, 0.717) is 25.7 Å². The van der Waals surface area contributed by atoms with Gasteiger partial charge in [-0.05, 0) is 31.6 Å². The summed E-state index contributed by atoms with van der Waals surface area (Å²) in [7, 11) is -9.87. The Morgan fingerprint density at radius 1 is 0.318 bits per heavy atom. The molecule has 0 amide bonds. The highest BCUT2D eigenvalue weighted by Crippen LogP contribution is 2.45. The Labute approximate surface area is 517 Å². The fourth-order valence-electron chi connectivity index (χ4n) is 9.94. The van der Waals surface area contributed by atoms with Crippen LogP contribution in [0.15, 0.2) is 0 Å². The van der Waals surface area contributed by atoms with Crippen LogP contribution in [0.3, 0.4) is 0 Å². The average molecular weight is 1260 g/mol. The summed E-state index contributed by atoms with van der Waals surface area (Å²) in [6.45, 7) is 7.06. The number of carbonyl (C=O) groups is 4. The predicted octanol–water partition coefficient (Wildman–Crippen LogP) is 18.6. The van der Waals surface area contributed by atoms with E-state index in [0.717, 1.165) is 102 Å². The van der Waals surface area contributed by atoms with E-state index in [1.54, 1.807) is 0 Å². The van der Waals surface area contributed by atoms with Gasteiger partial charge >= 0.3 is 39.5 Å². The molecule has 0 saturated heterocycles. The van der Waals surface area contributed by atoms with Crippen molar-refractivity contribution in [2.75, 3.05) is 39.6 Å². The van der Waals surface area contributed by atoms with Gasteiger partial charge in [-0.3, -0.25) is 37.3 Å². The van der Waals surface area contributed by atoms with Gasteiger partial charge in [0.1, 0.15) is 19.3 Å². The van der Waals surface area contributed by atoms with Gasteiger partial charge in [-0.2, -0.15) is 0 Å². The molecule has 3 N–H and O–H groups in total. The van der Waals surface area contributed by atoms with Gasteiger partial charge in [0.05, 0.1) is 26.4 Å². The summed E-state index contributed by atoms with van der Waals surface area (Å²) < 4.78 is 67.6. The zero-order chi connectivity index (χ0) is 62.8. The Balaban J connectivity index is 5.04. The first-order chi connectivity index (χ1) is 41.0. The van der Waals surface area contributed by atoms with Crippen molar-refractivity contribution in [1.29, 1.82) is 0 Å². The number of phosphoric ester groups is 2. The van der Waals surface area contributed by atoms with E-state index in [1.807, 2.05) is 0 Å². The Morgan fingerprint density at radius 3 is 0.800 bits per heavy atom. The number of carbonyl (C=O) groups excluding carboxylic acids is 4. The van der Waals surface area contributed by atoms with Crippen molar-refractivity contribution in [1.82, 2.24) is 0 Å². The van der Waals surface area contributed by atoms with Crippen LogP contribution in [0.4, 0.5) is 0 Å². The topological polar surface area (TPSA) is 237 Å². The molecule has 0 aliphatic carbocycles. The molecule has 19 heteroatoms. The summed E-state index contributed by atoms with van der Waals surface area (Å²) in [5, 5.41) is 10.5. The number of esters is 4. The van der Waals surface area contributed by atoms with Crippen molar-refractivity contribution in [3.63, 3.8) is 0 Å². The van der Waals surface area contributed by atoms with Crippen LogP contribution < -0.4 is 0 Å². The monoisotopic (exact) mass is 1250 g/mol. The number of rotatable bonds is 66. The van der Waals surface area contributed by atoms with Gasteiger partial charge in [0.2, 0.25) is 0 Å². The highest BCUT2D eigenvalue weighted by Gasteiger charge is 2.30. The van der Waals surface area contributed by atoms with Crippen LogP contribution in [-0.2, 0) is 65.4 Å². The van der Waals surface area contributed by atoms with Crippen LogP contribution >= 0.6 is 15.6 Å². The first-order valence-corrected chi connectivity index (χ1v) is 37.6. The van der Waals surface area contributed by atoms with Crippen molar-refractivity contribution in [3.8, 4) is 0 Å². The molecule has 0 radical (unpaired) electrons. The SMILES string of the molecule is CCCCCCCCCCCCCCCCC(=O)OC[C@H](COP(=O)(O)OC[C@@H](O)COP(=O)(O)OC[C@@H](COC(=O)CCCCCCC)OC(=O)CCCCCCC)OC(=O)CCCCCCCCCCCCCCCCCCCCC(C)C. The molecule has 0 aromatic heterocycles. The van der Waals surface area contributed by atoms with E-state index in [9.17, 15) is 43.2 Å². The minimum atomic E-state index is -4.94. The van der Waals surface area contributed by atoms with Crippen LogP contribution in [0.25, 0.3) is 0 Å². The first-order valence-electron chi connectivity index (χ1n) is 34.6. The van der Waals surface area contributed by atoms with Gasteiger partial charge in [0.15, 0.2) is 12.2 Å². The van der Waals surface area contributed by atoms with E-state index in [2.05, 4.69) is 34.6 Å². The average Bonchev–Trinajstić information content (AvgIpc) is 3.56. The second-order valence-electron chi connectivity index (χ2n) is 24.3. The molecule has 0 saturated carbocycles. The molecule has 504 valence electrons. The van der Waals surface area contributed by atoms with Crippen molar-refractivity contribution in [2.45, 2.75) is 355 Å². The number of ether oxygens (including phenoxy) is 4. The van der Waals surface area contributed by atoms with Crippen molar-refractivity contribution in [2.24, 2.45) is 5.92 Å². The maximum absolute atomic E-state index is 13.0. The molecule has 2 unspecified atom stereocenters. The number of hydrogen-bond donors (Lipinski definition) is 3. The van der Waals surface area contributed by atoms with Gasteiger partial charge in [0, 0.05) is 25.7 Å². The van der Waals surface area contributed by atoms with Crippen LogP contribution in [-0.4, -0.2) is 96.7 Å². The van der Waals surface area contributed by atoms with Crippen molar-refractivity contribution < 1.29 is 80.2 Å². The lowest BCUT2D eigenvalue weighted by molar-refractivity contribution is -0.161. The van der Waals surface area contributed by atoms with Crippen LogP contribution in [0.1, 0.15) is 336 Å². The molecule has 0 aromatic carbocycles. The Bertz CT molecular complexity index is 1650. The molecule has 0 spiro atoms. The summed E-state index contributed by atoms with van der Waals surface area (Å²) in [5.41, 5.74) is 0. The third-order valence-corrected chi connectivity index (χ3v) is 17.2. The second kappa shape index (κ2) is 59.7. The molecule has 0 aliphatic rings. The molecule has 0 bridgehead atoms. The van der Waals surface area contributed by atoms with Gasteiger partial charge in [-0.1, -0.05) is 285 Å². The third kappa shape index (κ3) is 60.7. The lowest BCUT2D eigenvalue weighted by atomic mass is 10.0. The molecule has 0 aromatic rings. The summed E-state index contributed by atoms with van der Waals surface area (Å²) in [6.07, 6.45) is 45.4. The molecular formula is C66H128O17P2. The lowest BCUT2D eigenvalue weighted by Crippen LogP contribution is -2.30. The normalized spacial score (nSPS) is 14.2. The highest BCUT2D eigenvalue weighted by atomic mass is 31.2. The number of aliphatic hydroxyl groups excluding tert-OH is 1. The van der Waals surface area contributed by atoms with Gasteiger partial charge in [-0.15, -0.1) is 0 Å². The first kappa shape index (κ1) is 83.1. The van der Waals surface area contributed by atoms with E-state index < -0.39 is 97.5 Å². The quantitative estimate of drug-likeness (QED) is 0.0222. The third-order valence-electron chi connectivity index (χ3n) is 15.3. The number of unbranched alkanes of at least 4 members (excludes halogenated alkanes) is 38. The zero-order valence-corrected chi connectivity index (χ0v) is 56.5. The minimum Gasteiger partial charge on any atom is -0.462 e. The summed E-state index contributed by atoms with van der Waals surface area (Å²) >= 11 is 0.